The fourth-order valence-corrected chi connectivity index (χ4v) is 4.27. The Bertz CT molecular complexity index is 830. The first-order valence-electron chi connectivity index (χ1n) is 7.57. The summed E-state index contributed by atoms with van der Waals surface area (Å²) in [5.41, 5.74) is 1.90. The first-order chi connectivity index (χ1) is 11.2. The zero-order chi connectivity index (χ0) is 15.8. The molecule has 0 bridgehead atoms. The maximum absolute atomic E-state index is 9.71. The second-order valence-electron chi connectivity index (χ2n) is 5.80. The van der Waals surface area contributed by atoms with Crippen LogP contribution in [-0.2, 0) is 0 Å². The summed E-state index contributed by atoms with van der Waals surface area (Å²) in [5, 5.41) is 19.4. The SMILES string of the molecule is Cc1cc(Nc2nc(NC3CC[C@H](O)C3)c3sccc3n2)sn1. The van der Waals surface area contributed by atoms with E-state index in [0.717, 1.165) is 46.0 Å². The first kappa shape index (κ1) is 14.8. The van der Waals surface area contributed by atoms with Gasteiger partial charge in [0.2, 0.25) is 5.95 Å². The van der Waals surface area contributed by atoms with Gasteiger partial charge in [-0.15, -0.1) is 11.3 Å². The standard InChI is InChI=1S/C15H17N5OS2/c1-8-6-12(23-20-8)18-15-17-11-4-5-22-13(11)14(19-15)16-9-2-3-10(21)7-9/h4-6,9-10,21H,2-3,7H2,1H3,(H2,16,17,18,19)/t9?,10-/m0/s1. The molecule has 120 valence electrons. The van der Waals surface area contributed by atoms with Crippen LogP contribution in [0.4, 0.5) is 16.8 Å². The van der Waals surface area contributed by atoms with Crippen LogP contribution in [0.2, 0.25) is 0 Å². The van der Waals surface area contributed by atoms with Gasteiger partial charge in [0.25, 0.3) is 0 Å². The van der Waals surface area contributed by atoms with Crippen LogP contribution in [0.5, 0.6) is 0 Å². The van der Waals surface area contributed by atoms with Crippen LogP contribution in [0, 0.1) is 6.92 Å². The van der Waals surface area contributed by atoms with E-state index in [0.29, 0.717) is 5.95 Å². The molecule has 1 unspecified atom stereocenters. The number of aromatic nitrogens is 3. The minimum absolute atomic E-state index is 0.203. The van der Waals surface area contributed by atoms with Crippen molar-refractivity contribution in [2.75, 3.05) is 10.6 Å². The van der Waals surface area contributed by atoms with Crippen molar-refractivity contribution in [1.29, 1.82) is 0 Å². The van der Waals surface area contributed by atoms with E-state index in [1.54, 1.807) is 11.3 Å². The molecule has 4 rings (SSSR count). The molecule has 0 amide bonds. The van der Waals surface area contributed by atoms with Crippen molar-refractivity contribution in [2.45, 2.75) is 38.3 Å². The van der Waals surface area contributed by atoms with E-state index in [-0.39, 0.29) is 12.1 Å². The van der Waals surface area contributed by atoms with Crippen LogP contribution in [0.25, 0.3) is 10.2 Å². The third-order valence-corrected chi connectivity index (χ3v) is 5.62. The van der Waals surface area contributed by atoms with Gasteiger partial charge < -0.3 is 15.7 Å². The Morgan fingerprint density at radius 2 is 2.22 bits per heavy atom. The number of fused-ring (bicyclic) bond motifs is 1. The van der Waals surface area contributed by atoms with Gasteiger partial charge in [0.05, 0.1) is 22.0 Å². The predicted molar refractivity (Wildman–Crippen MR) is 94.8 cm³/mol. The smallest absolute Gasteiger partial charge is 0.230 e. The van der Waals surface area contributed by atoms with Crippen molar-refractivity contribution >= 4 is 49.9 Å². The van der Waals surface area contributed by atoms with Gasteiger partial charge in [-0.25, -0.2) is 4.98 Å². The molecule has 3 heterocycles. The minimum Gasteiger partial charge on any atom is -0.393 e. The number of aliphatic hydroxyl groups excluding tert-OH is 1. The Balaban J connectivity index is 1.64. The van der Waals surface area contributed by atoms with Crippen molar-refractivity contribution in [1.82, 2.24) is 14.3 Å². The number of aryl methyl sites for hydroxylation is 1. The predicted octanol–water partition coefficient (Wildman–Crippen LogP) is 3.53. The van der Waals surface area contributed by atoms with Crippen molar-refractivity contribution in [3.63, 3.8) is 0 Å². The number of aliphatic hydroxyl groups is 1. The molecule has 3 aromatic heterocycles. The lowest BCUT2D eigenvalue weighted by Crippen LogP contribution is -2.18. The quantitative estimate of drug-likeness (QED) is 0.670. The summed E-state index contributed by atoms with van der Waals surface area (Å²) in [6.45, 7) is 1.96. The van der Waals surface area contributed by atoms with E-state index in [2.05, 4.69) is 25.0 Å². The van der Waals surface area contributed by atoms with Gasteiger partial charge >= 0.3 is 0 Å². The number of nitrogens with zero attached hydrogens (tertiary/aromatic N) is 3. The number of nitrogens with one attached hydrogen (secondary N) is 2. The summed E-state index contributed by atoms with van der Waals surface area (Å²) in [6, 6.07) is 4.25. The molecule has 8 heteroatoms. The molecule has 0 spiro atoms. The highest BCUT2D eigenvalue weighted by molar-refractivity contribution is 7.17. The van der Waals surface area contributed by atoms with Gasteiger partial charge in [0, 0.05) is 6.04 Å². The van der Waals surface area contributed by atoms with Crippen molar-refractivity contribution < 1.29 is 5.11 Å². The molecule has 0 aromatic carbocycles. The lowest BCUT2D eigenvalue weighted by Gasteiger charge is -2.14. The fourth-order valence-electron chi connectivity index (χ4n) is 2.83. The number of anilines is 3. The third-order valence-electron chi connectivity index (χ3n) is 3.91. The lowest BCUT2D eigenvalue weighted by atomic mass is 10.2. The Labute approximate surface area is 141 Å². The largest absolute Gasteiger partial charge is 0.393 e. The van der Waals surface area contributed by atoms with E-state index in [4.69, 9.17) is 0 Å². The molecule has 1 aliphatic rings. The van der Waals surface area contributed by atoms with Crippen molar-refractivity contribution in [3.8, 4) is 0 Å². The summed E-state index contributed by atoms with van der Waals surface area (Å²) in [4.78, 5) is 9.21. The zero-order valence-electron chi connectivity index (χ0n) is 12.6. The molecule has 6 nitrogen and oxygen atoms in total. The van der Waals surface area contributed by atoms with Crippen molar-refractivity contribution in [3.05, 3.63) is 23.2 Å². The molecule has 2 atom stereocenters. The van der Waals surface area contributed by atoms with Gasteiger partial charge in [-0.3, -0.25) is 0 Å². The topological polar surface area (TPSA) is 83.0 Å². The third kappa shape index (κ3) is 3.15. The number of thiophene rings is 1. The van der Waals surface area contributed by atoms with Gasteiger partial charge in [0.15, 0.2) is 0 Å². The highest BCUT2D eigenvalue weighted by atomic mass is 32.1. The van der Waals surface area contributed by atoms with Crippen LogP contribution in [0.15, 0.2) is 17.5 Å². The van der Waals surface area contributed by atoms with Crippen molar-refractivity contribution in [2.24, 2.45) is 0 Å². The summed E-state index contributed by atoms with van der Waals surface area (Å²) < 4.78 is 5.31. The Hall–Kier alpha value is -1.77. The van der Waals surface area contributed by atoms with E-state index >= 15 is 0 Å². The van der Waals surface area contributed by atoms with Gasteiger partial charge in [-0.2, -0.15) is 9.36 Å². The second kappa shape index (κ2) is 6.03. The average Bonchev–Trinajstić information content (AvgIpc) is 3.22. The van der Waals surface area contributed by atoms with Crippen LogP contribution in [0.1, 0.15) is 25.0 Å². The van der Waals surface area contributed by atoms with Gasteiger partial charge in [-0.05, 0) is 55.2 Å². The zero-order valence-corrected chi connectivity index (χ0v) is 14.2. The van der Waals surface area contributed by atoms with E-state index in [9.17, 15) is 5.11 Å². The Kier molecular flexibility index (Phi) is 3.88. The van der Waals surface area contributed by atoms with Crippen LogP contribution >= 0.6 is 22.9 Å². The molecular formula is C15H17N5OS2. The molecule has 0 aliphatic heterocycles. The van der Waals surface area contributed by atoms with Crippen LogP contribution < -0.4 is 10.6 Å². The number of hydrogen-bond acceptors (Lipinski definition) is 8. The Morgan fingerprint density at radius 1 is 1.30 bits per heavy atom. The molecule has 0 saturated heterocycles. The molecule has 0 radical (unpaired) electrons. The lowest BCUT2D eigenvalue weighted by molar-refractivity contribution is 0.182. The molecule has 3 N–H and O–H groups in total. The number of hydrogen-bond donors (Lipinski definition) is 3. The minimum atomic E-state index is -0.203. The van der Waals surface area contributed by atoms with E-state index in [1.165, 1.54) is 11.5 Å². The summed E-state index contributed by atoms with van der Waals surface area (Å²) in [6.07, 6.45) is 2.38. The van der Waals surface area contributed by atoms with Gasteiger partial charge in [-0.1, -0.05) is 0 Å². The first-order valence-corrected chi connectivity index (χ1v) is 9.23. The molecule has 1 saturated carbocycles. The molecule has 23 heavy (non-hydrogen) atoms. The Morgan fingerprint density at radius 3 is 2.96 bits per heavy atom. The number of rotatable bonds is 4. The fraction of sp³-hybridized carbons (Fsp3) is 0.400. The molecular weight excluding hydrogens is 330 g/mol. The van der Waals surface area contributed by atoms with Crippen LogP contribution in [0.3, 0.4) is 0 Å². The van der Waals surface area contributed by atoms with Gasteiger partial charge in [0.1, 0.15) is 10.8 Å². The van der Waals surface area contributed by atoms with E-state index < -0.39 is 0 Å². The average molecular weight is 347 g/mol. The summed E-state index contributed by atoms with van der Waals surface area (Å²) >= 11 is 3.03. The van der Waals surface area contributed by atoms with E-state index in [1.807, 2.05) is 24.4 Å². The molecule has 1 fully saturated rings. The highest BCUT2D eigenvalue weighted by Gasteiger charge is 2.24. The second-order valence-corrected chi connectivity index (χ2v) is 7.52. The maximum Gasteiger partial charge on any atom is 0.230 e. The summed E-state index contributed by atoms with van der Waals surface area (Å²) in [5.74, 6) is 1.41. The molecule has 1 aliphatic carbocycles. The summed E-state index contributed by atoms with van der Waals surface area (Å²) in [7, 11) is 0. The van der Waals surface area contributed by atoms with Crippen LogP contribution in [-0.4, -0.2) is 31.6 Å². The normalized spacial score (nSPS) is 21.0. The maximum atomic E-state index is 9.71. The monoisotopic (exact) mass is 347 g/mol. The highest BCUT2D eigenvalue weighted by Crippen LogP contribution is 2.31. The molecule has 3 aromatic rings.